The van der Waals surface area contributed by atoms with Crippen molar-refractivity contribution in [2.75, 3.05) is 26.5 Å². The summed E-state index contributed by atoms with van der Waals surface area (Å²) in [7, 11) is 3.63. The Hall–Kier alpha value is -0.220. The molecule has 0 saturated heterocycles. The smallest absolute Gasteiger partial charge is 0.0556 e. The van der Waals surface area contributed by atoms with Gasteiger partial charge in [0.15, 0.2) is 0 Å². The summed E-state index contributed by atoms with van der Waals surface area (Å²) < 4.78 is 4.99. The van der Waals surface area contributed by atoms with Gasteiger partial charge < -0.3 is 10.1 Å². The van der Waals surface area contributed by atoms with Crippen LogP contribution in [0.15, 0.2) is 23.1 Å². The maximum atomic E-state index is 6.14. The average Bonchev–Trinajstić information content (AvgIpc) is 2.23. The average molecular weight is 246 g/mol. The van der Waals surface area contributed by atoms with E-state index in [1.807, 2.05) is 13.1 Å². The fourth-order valence-electron chi connectivity index (χ4n) is 1.19. The Bertz CT molecular complexity index is 307. The number of halogens is 1. The topological polar surface area (TPSA) is 21.3 Å². The molecule has 0 aliphatic carbocycles. The Labute approximate surface area is 100 Å². The van der Waals surface area contributed by atoms with E-state index in [1.54, 1.807) is 18.9 Å². The van der Waals surface area contributed by atoms with Crippen LogP contribution in [0.3, 0.4) is 0 Å². The van der Waals surface area contributed by atoms with Crippen molar-refractivity contribution in [2.45, 2.75) is 11.4 Å². The van der Waals surface area contributed by atoms with E-state index >= 15 is 0 Å². The van der Waals surface area contributed by atoms with Crippen LogP contribution in [0.1, 0.15) is 5.56 Å². The van der Waals surface area contributed by atoms with Crippen molar-refractivity contribution in [1.82, 2.24) is 5.32 Å². The Morgan fingerprint density at radius 3 is 2.87 bits per heavy atom. The van der Waals surface area contributed by atoms with Crippen molar-refractivity contribution in [3.05, 3.63) is 28.8 Å². The summed E-state index contributed by atoms with van der Waals surface area (Å²) in [4.78, 5) is 1.19. The number of hydrogen-bond donors (Lipinski definition) is 1. The fraction of sp³-hybridized carbons (Fsp3) is 0.455. The van der Waals surface area contributed by atoms with E-state index < -0.39 is 0 Å². The zero-order valence-electron chi connectivity index (χ0n) is 9.05. The molecule has 0 radical (unpaired) electrons. The summed E-state index contributed by atoms with van der Waals surface area (Å²) in [6, 6.07) is 6.17. The molecule has 1 aromatic carbocycles. The van der Waals surface area contributed by atoms with Gasteiger partial charge in [-0.25, -0.2) is 0 Å². The Morgan fingerprint density at radius 2 is 2.27 bits per heavy atom. The molecule has 0 atom stereocenters. The molecule has 0 heterocycles. The normalized spacial score (nSPS) is 10.6. The first kappa shape index (κ1) is 12.8. The van der Waals surface area contributed by atoms with Gasteiger partial charge in [0, 0.05) is 29.3 Å². The SMILES string of the molecule is CNCc1ccc(SCCOC)cc1Cl. The lowest BCUT2D eigenvalue weighted by Gasteiger charge is -2.06. The van der Waals surface area contributed by atoms with Gasteiger partial charge >= 0.3 is 0 Å². The van der Waals surface area contributed by atoms with Crippen LogP contribution in [0.2, 0.25) is 5.02 Å². The first-order valence-electron chi connectivity index (χ1n) is 4.82. The zero-order valence-corrected chi connectivity index (χ0v) is 10.6. The molecule has 0 aliphatic heterocycles. The monoisotopic (exact) mass is 245 g/mol. The molecule has 2 nitrogen and oxygen atoms in total. The van der Waals surface area contributed by atoms with E-state index in [9.17, 15) is 0 Å². The third-order valence-corrected chi connectivity index (χ3v) is 3.26. The predicted molar refractivity (Wildman–Crippen MR) is 66.8 cm³/mol. The van der Waals surface area contributed by atoms with Gasteiger partial charge in [-0.15, -0.1) is 11.8 Å². The number of thioether (sulfide) groups is 1. The van der Waals surface area contributed by atoms with Gasteiger partial charge in [-0.3, -0.25) is 0 Å². The number of hydrogen-bond acceptors (Lipinski definition) is 3. The van der Waals surface area contributed by atoms with Crippen LogP contribution in [0.4, 0.5) is 0 Å². The fourth-order valence-corrected chi connectivity index (χ4v) is 2.36. The highest BCUT2D eigenvalue weighted by Crippen LogP contribution is 2.24. The lowest BCUT2D eigenvalue weighted by Crippen LogP contribution is -2.05. The largest absolute Gasteiger partial charge is 0.384 e. The third-order valence-electron chi connectivity index (χ3n) is 1.95. The second-order valence-electron chi connectivity index (χ2n) is 3.12. The highest BCUT2D eigenvalue weighted by atomic mass is 35.5. The second-order valence-corrected chi connectivity index (χ2v) is 4.70. The lowest BCUT2D eigenvalue weighted by atomic mass is 10.2. The number of rotatable bonds is 6. The van der Waals surface area contributed by atoms with Crippen molar-refractivity contribution in [2.24, 2.45) is 0 Å². The molecule has 0 bridgehead atoms. The quantitative estimate of drug-likeness (QED) is 0.615. The molecule has 1 rings (SSSR count). The standard InChI is InChI=1S/C11H16ClNOS/c1-13-8-9-3-4-10(7-11(9)12)15-6-5-14-2/h3-4,7,13H,5-6,8H2,1-2H3. The summed E-state index contributed by atoms with van der Waals surface area (Å²) in [5.74, 6) is 0.957. The molecular formula is C11H16ClNOS. The van der Waals surface area contributed by atoms with Crippen molar-refractivity contribution < 1.29 is 4.74 Å². The van der Waals surface area contributed by atoms with Gasteiger partial charge in [0.25, 0.3) is 0 Å². The first-order valence-corrected chi connectivity index (χ1v) is 6.19. The summed E-state index contributed by atoms with van der Waals surface area (Å²) in [6.45, 7) is 1.57. The zero-order chi connectivity index (χ0) is 11.1. The molecule has 0 amide bonds. The van der Waals surface area contributed by atoms with Crippen LogP contribution >= 0.6 is 23.4 Å². The number of ether oxygens (including phenoxy) is 1. The van der Waals surface area contributed by atoms with E-state index in [2.05, 4.69) is 17.4 Å². The van der Waals surface area contributed by atoms with E-state index in [0.717, 1.165) is 29.5 Å². The maximum Gasteiger partial charge on any atom is 0.0556 e. The van der Waals surface area contributed by atoms with Crippen LogP contribution in [0.25, 0.3) is 0 Å². The number of benzene rings is 1. The molecular weight excluding hydrogens is 230 g/mol. The Kier molecular flexibility index (Phi) is 6.10. The van der Waals surface area contributed by atoms with E-state index in [-0.39, 0.29) is 0 Å². The van der Waals surface area contributed by atoms with Crippen LogP contribution in [0.5, 0.6) is 0 Å². The van der Waals surface area contributed by atoms with Crippen molar-refractivity contribution >= 4 is 23.4 Å². The summed E-state index contributed by atoms with van der Waals surface area (Å²) >= 11 is 7.89. The molecule has 4 heteroatoms. The molecule has 1 N–H and O–H groups in total. The lowest BCUT2D eigenvalue weighted by molar-refractivity contribution is 0.218. The Morgan fingerprint density at radius 1 is 1.47 bits per heavy atom. The molecule has 0 aliphatic rings. The van der Waals surface area contributed by atoms with Crippen LogP contribution in [0, 0.1) is 0 Å². The molecule has 0 unspecified atom stereocenters. The summed E-state index contributed by atoms with van der Waals surface area (Å²) in [5, 5.41) is 3.91. The Balaban J connectivity index is 2.56. The van der Waals surface area contributed by atoms with Crippen molar-refractivity contribution in [3.63, 3.8) is 0 Å². The van der Waals surface area contributed by atoms with Crippen LogP contribution in [-0.2, 0) is 11.3 Å². The second kappa shape index (κ2) is 7.12. The van der Waals surface area contributed by atoms with Gasteiger partial charge in [-0.2, -0.15) is 0 Å². The van der Waals surface area contributed by atoms with Gasteiger partial charge in [-0.1, -0.05) is 17.7 Å². The van der Waals surface area contributed by atoms with Gasteiger partial charge in [0.2, 0.25) is 0 Å². The van der Waals surface area contributed by atoms with Crippen molar-refractivity contribution in [1.29, 1.82) is 0 Å². The molecule has 0 fully saturated rings. The third kappa shape index (κ3) is 4.43. The molecule has 0 aromatic heterocycles. The minimum Gasteiger partial charge on any atom is -0.384 e. The molecule has 0 saturated carbocycles. The van der Waals surface area contributed by atoms with Crippen LogP contribution < -0.4 is 5.32 Å². The highest BCUT2D eigenvalue weighted by Gasteiger charge is 2.01. The van der Waals surface area contributed by atoms with E-state index in [1.165, 1.54) is 4.90 Å². The van der Waals surface area contributed by atoms with Gasteiger partial charge in [-0.05, 0) is 24.7 Å². The molecule has 0 spiro atoms. The first-order chi connectivity index (χ1) is 7.27. The summed E-state index contributed by atoms with van der Waals surface area (Å²) in [5.41, 5.74) is 1.13. The molecule has 84 valence electrons. The van der Waals surface area contributed by atoms with Gasteiger partial charge in [0.1, 0.15) is 0 Å². The van der Waals surface area contributed by atoms with E-state index in [4.69, 9.17) is 16.3 Å². The predicted octanol–water partition coefficient (Wildman–Crippen LogP) is 2.80. The van der Waals surface area contributed by atoms with E-state index in [0.29, 0.717) is 0 Å². The summed E-state index contributed by atoms with van der Waals surface area (Å²) in [6.07, 6.45) is 0. The van der Waals surface area contributed by atoms with Crippen LogP contribution in [-0.4, -0.2) is 26.5 Å². The minimum absolute atomic E-state index is 0.764. The van der Waals surface area contributed by atoms with Crippen molar-refractivity contribution in [3.8, 4) is 0 Å². The maximum absolute atomic E-state index is 6.14. The molecule has 1 aromatic rings. The number of methoxy groups -OCH3 is 1. The highest BCUT2D eigenvalue weighted by molar-refractivity contribution is 7.99. The van der Waals surface area contributed by atoms with Gasteiger partial charge in [0.05, 0.1) is 6.61 Å². The minimum atomic E-state index is 0.764. The number of nitrogens with one attached hydrogen (secondary N) is 1. The molecule has 15 heavy (non-hydrogen) atoms.